The molecule has 0 bridgehead atoms. The van der Waals surface area contributed by atoms with Crippen LogP contribution < -0.4 is 0 Å². The summed E-state index contributed by atoms with van der Waals surface area (Å²) in [5, 5.41) is 9.57. The molecule has 0 saturated heterocycles. The summed E-state index contributed by atoms with van der Waals surface area (Å²) in [5.74, 6) is 1.98. The van der Waals surface area contributed by atoms with E-state index in [0.717, 1.165) is 40.6 Å². The lowest BCUT2D eigenvalue weighted by atomic mass is 10.0. The number of hydrogen-bond acceptors (Lipinski definition) is 4. The first kappa shape index (κ1) is 17.0. The molecule has 1 aliphatic carbocycles. The predicted octanol–water partition coefficient (Wildman–Crippen LogP) is 4.74. The van der Waals surface area contributed by atoms with Crippen LogP contribution in [0, 0.1) is 13.8 Å². The van der Waals surface area contributed by atoms with Crippen molar-refractivity contribution in [3.63, 3.8) is 0 Å². The van der Waals surface area contributed by atoms with Crippen LogP contribution in [0.3, 0.4) is 0 Å². The van der Waals surface area contributed by atoms with Gasteiger partial charge in [-0.1, -0.05) is 42.1 Å². The smallest absolute Gasteiger partial charge is 0.196 e. The lowest BCUT2D eigenvalue weighted by Crippen LogP contribution is -2.06. The number of hydrogen-bond donors (Lipinski definition) is 0. The van der Waals surface area contributed by atoms with Crippen molar-refractivity contribution in [2.45, 2.75) is 37.8 Å². The van der Waals surface area contributed by atoms with Crippen LogP contribution in [0.15, 0.2) is 53.7 Å². The molecule has 0 amide bonds. The average molecular weight is 363 g/mol. The molecule has 132 valence electrons. The van der Waals surface area contributed by atoms with Gasteiger partial charge in [0.1, 0.15) is 5.82 Å². The minimum atomic E-state index is 0.119. The lowest BCUT2D eigenvalue weighted by Gasteiger charge is -2.09. The summed E-state index contributed by atoms with van der Waals surface area (Å²) in [5.41, 5.74) is 4.16. The van der Waals surface area contributed by atoms with Gasteiger partial charge in [0, 0.05) is 17.2 Å². The molecular formula is C21H21N3OS. The molecule has 4 rings (SSSR count). The zero-order valence-corrected chi connectivity index (χ0v) is 15.8. The maximum absolute atomic E-state index is 12.6. The van der Waals surface area contributed by atoms with Gasteiger partial charge in [-0.2, -0.15) is 0 Å². The number of thioether (sulfide) groups is 1. The summed E-state index contributed by atoms with van der Waals surface area (Å²) in [6.45, 7) is 4.09. The molecule has 2 aromatic carbocycles. The molecule has 4 nitrogen and oxygen atoms in total. The molecule has 0 atom stereocenters. The van der Waals surface area contributed by atoms with Gasteiger partial charge in [-0.25, -0.2) is 0 Å². The zero-order chi connectivity index (χ0) is 18.1. The van der Waals surface area contributed by atoms with Gasteiger partial charge in [-0.3, -0.25) is 9.36 Å². The van der Waals surface area contributed by atoms with Gasteiger partial charge in [-0.15, -0.1) is 10.2 Å². The van der Waals surface area contributed by atoms with Crippen LogP contribution in [0.5, 0.6) is 0 Å². The van der Waals surface area contributed by atoms with Crippen molar-refractivity contribution in [3.05, 3.63) is 71.0 Å². The van der Waals surface area contributed by atoms with E-state index in [4.69, 9.17) is 0 Å². The Morgan fingerprint density at radius 2 is 1.85 bits per heavy atom. The highest BCUT2D eigenvalue weighted by molar-refractivity contribution is 7.99. The molecule has 1 saturated carbocycles. The van der Waals surface area contributed by atoms with Crippen LogP contribution >= 0.6 is 11.8 Å². The summed E-state index contributed by atoms with van der Waals surface area (Å²) in [4.78, 5) is 12.6. The highest BCUT2D eigenvalue weighted by atomic mass is 32.2. The molecule has 3 aromatic rings. The van der Waals surface area contributed by atoms with Crippen LogP contribution in [-0.2, 0) is 0 Å². The van der Waals surface area contributed by atoms with E-state index in [2.05, 4.69) is 33.8 Å². The van der Waals surface area contributed by atoms with E-state index in [0.29, 0.717) is 11.7 Å². The standard InChI is InChI=1S/C21H21N3OS/c1-14-8-9-17(12-15(14)2)19(25)13-26-21-23-22-20(16-10-11-16)24(21)18-6-4-3-5-7-18/h3-9,12,16H,10-11,13H2,1-2H3. The normalized spacial score (nSPS) is 13.8. The quantitative estimate of drug-likeness (QED) is 0.469. The number of aromatic nitrogens is 3. The van der Waals surface area contributed by atoms with Gasteiger partial charge in [0.25, 0.3) is 0 Å². The molecule has 0 aliphatic heterocycles. The van der Waals surface area contributed by atoms with Crippen LogP contribution in [0.4, 0.5) is 0 Å². The van der Waals surface area contributed by atoms with Crippen molar-refractivity contribution in [1.29, 1.82) is 0 Å². The third kappa shape index (κ3) is 3.44. The topological polar surface area (TPSA) is 47.8 Å². The van der Waals surface area contributed by atoms with Crippen molar-refractivity contribution in [1.82, 2.24) is 14.8 Å². The van der Waals surface area contributed by atoms with Crippen molar-refractivity contribution < 1.29 is 4.79 Å². The Bertz CT molecular complexity index is 945. The van der Waals surface area contributed by atoms with Gasteiger partial charge in [0.15, 0.2) is 10.9 Å². The van der Waals surface area contributed by atoms with Crippen molar-refractivity contribution >= 4 is 17.5 Å². The Kier molecular flexibility index (Phi) is 4.64. The second-order valence-electron chi connectivity index (χ2n) is 6.80. The third-order valence-electron chi connectivity index (χ3n) is 4.78. The maximum Gasteiger partial charge on any atom is 0.196 e. The number of carbonyl (C=O) groups excluding carboxylic acids is 1. The molecule has 1 fully saturated rings. The number of benzene rings is 2. The Labute approximate surface area is 157 Å². The Balaban J connectivity index is 1.57. The first-order chi connectivity index (χ1) is 12.6. The van der Waals surface area contributed by atoms with E-state index in [9.17, 15) is 4.79 Å². The van der Waals surface area contributed by atoms with Gasteiger partial charge in [-0.05, 0) is 56.0 Å². The van der Waals surface area contributed by atoms with E-state index in [-0.39, 0.29) is 5.78 Å². The van der Waals surface area contributed by atoms with Crippen molar-refractivity contribution in [3.8, 4) is 5.69 Å². The summed E-state index contributed by atoms with van der Waals surface area (Å²) in [6, 6.07) is 16.0. The highest BCUT2D eigenvalue weighted by Crippen LogP contribution is 2.41. The highest BCUT2D eigenvalue weighted by Gasteiger charge is 2.31. The fraction of sp³-hybridized carbons (Fsp3) is 0.286. The Morgan fingerprint density at radius 1 is 1.08 bits per heavy atom. The SMILES string of the molecule is Cc1ccc(C(=O)CSc2nnc(C3CC3)n2-c2ccccc2)cc1C. The first-order valence-electron chi connectivity index (χ1n) is 8.87. The molecule has 0 unspecified atom stereocenters. The average Bonchev–Trinajstić information content (AvgIpc) is 3.42. The maximum atomic E-state index is 12.6. The summed E-state index contributed by atoms with van der Waals surface area (Å²) in [6.07, 6.45) is 2.33. The fourth-order valence-corrected chi connectivity index (χ4v) is 3.78. The number of para-hydroxylation sites is 1. The summed E-state index contributed by atoms with van der Waals surface area (Å²) in [7, 11) is 0. The van der Waals surface area contributed by atoms with E-state index in [1.165, 1.54) is 17.3 Å². The predicted molar refractivity (Wildman–Crippen MR) is 104 cm³/mol. The summed E-state index contributed by atoms with van der Waals surface area (Å²) >= 11 is 1.46. The van der Waals surface area contributed by atoms with Crippen LogP contribution in [0.2, 0.25) is 0 Å². The molecule has 0 radical (unpaired) electrons. The summed E-state index contributed by atoms with van der Waals surface area (Å²) < 4.78 is 2.11. The Hall–Kier alpha value is -2.40. The van der Waals surface area contributed by atoms with E-state index < -0.39 is 0 Å². The number of nitrogens with zero attached hydrogens (tertiary/aromatic N) is 3. The minimum absolute atomic E-state index is 0.119. The van der Waals surface area contributed by atoms with Gasteiger partial charge in [0.2, 0.25) is 0 Å². The van der Waals surface area contributed by atoms with E-state index >= 15 is 0 Å². The number of Topliss-reactive ketones (excluding diaryl/α,β-unsaturated/α-hetero) is 1. The van der Waals surface area contributed by atoms with Crippen LogP contribution in [0.25, 0.3) is 5.69 Å². The molecule has 5 heteroatoms. The lowest BCUT2D eigenvalue weighted by molar-refractivity contribution is 0.102. The van der Waals surface area contributed by atoms with Crippen LogP contribution in [-0.4, -0.2) is 26.3 Å². The molecule has 1 aromatic heterocycles. The largest absolute Gasteiger partial charge is 0.293 e. The molecule has 0 N–H and O–H groups in total. The monoisotopic (exact) mass is 363 g/mol. The third-order valence-corrected chi connectivity index (χ3v) is 5.71. The molecule has 1 aliphatic rings. The molecule has 1 heterocycles. The van der Waals surface area contributed by atoms with Crippen LogP contribution in [0.1, 0.15) is 46.1 Å². The van der Waals surface area contributed by atoms with Gasteiger partial charge < -0.3 is 0 Å². The van der Waals surface area contributed by atoms with E-state index in [1.54, 1.807) is 0 Å². The number of ketones is 1. The molecular weight excluding hydrogens is 342 g/mol. The van der Waals surface area contributed by atoms with Crippen molar-refractivity contribution in [2.75, 3.05) is 5.75 Å². The second kappa shape index (κ2) is 7.08. The number of aryl methyl sites for hydroxylation is 2. The van der Waals surface area contributed by atoms with E-state index in [1.807, 2.05) is 43.3 Å². The minimum Gasteiger partial charge on any atom is -0.293 e. The van der Waals surface area contributed by atoms with Gasteiger partial charge in [0.05, 0.1) is 5.75 Å². The number of carbonyl (C=O) groups is 1. The second-order valence-corrected chi connectivity index (χ2v) is 7.74. The Morgan fingerprint density at radius 3 is 2.54 bits per heavy atom. The van der Waals surface area contributed by atoms with Gasteiger partial charge >= 0.3 is 0 Å². The fourth-order valence-electron chi connectivity index (χ4n) is 2.93. The zero-order valence-electron chi connectivity index (χ0n) is 15.0. The molecule has 26 heavy (non-hydrogen) atoms. The number of rotatable bonds is 6. The van der Waals surface area contributed by atoms with Crippen molar-refractivity contribution in [2.24, 2.45) is 0 Å². The molecule has 0 spiro atoms. The first-order valence-corrected chi connectivity index (χ1v) is 9.86.